The van der Waals surface area contributed by atoms with E-state index in [0.717, 1.165) is 37.4 Å². The molecule has 0 unspecified atom stereocenters. The summed E-state index contributed by atoms with van der Waals surface area (Å²) >= 11 is 6.94. The maximum Gasteiger partial charge on any atom is 0.277 e. The van der Waals surface area contributed by atoms with Crippen LogP contribution < -0.4 is 10.0 Å². The fraction of sp³-hybridized carbons (Fsp3) is 0.286. The summed E-state index contributed by atoms with van der Waals surface area (Å²) in [6.07, 6.45) is 3.84. The second kappa shape index (κ2) is 10.0. The predicted molar refractivity (Wildman–Crippen MR) is 123 cm³/mol. The minimum atomic E-state index is -3.56. The number of thioether (sulfide) groups is 1. The summed E-state index contributed by atoms with van der Waals surface area (Å²) in [5.74, 6) is 0.119. The van der Waals surface area contributed by atoms with Gasteiger partial charge in [0.05, 0.1) is 10.6 Å². The van der Waals surface area contributed by atoms with Crippen molar-refractivity contribution >= 4 is 45.0 Å². The van der Waals surface area contributed by atoms with E-state index in [1.54, 1.807) is 36.4 Å². The Labute approximate surface area is 195 Å². The molecule has 0 radical (unpaired) electrons. The van der Waals surface area contributed by atoms with E-state index in [0.29, 0.717) is 16.3 Å². The molecule has 4 rings (SSSR count). The van der Waals surface area contributed by atoms with Gasteiger partial charge in [0.2, 0.25) is 21.8 Å². The van der Waals surface area contributed by atoms with Crippen LogP contribution in [0.25, 0.3) is 11.5 Å². The van der Waals surface area contributed by atoms with E-state index in [9.17, 15) is 13.2 Å². The van der Waals surface area contributed by atoms with Gasteiger partial charge in [0, 0.05) is 22.3 Å². The molecule has 0 saturated heterocycles. The highest BCUT2D eigenvalue weighted by Crippen LogP contribution is 2.25. The fourth-order valence-corrected chi connectivity index (χ4v) is 5.34. The summed E-state index contributed by atoms with van der Waals surface area (Å²) in [6.45, 7) is 0. The predicted octanol–water partition coefficient (Wildman–Crippen LogP) is 4.34. The zero-order valence-corrected chi connectivity index (χ0v) is 19.3. The van der Waals surface area contributed by atoms with E-state index in [4.69, 9.17) is 16.0 Å². The van der Waals surface area contributed by atoms with Crippen molar-refractivity contribution in [3.05, 3.63) is 53.6 Å². The normalized spacial score (nSPS) is 14.5. The molecule has 11 heteroatoms. The molecule has 1 saturated carbocycles. The van der Waals surface area contributed by atoms with Gasteiger partial charge in [-0.15, -0.1) is 10.2 Å². The van der Waals surface area contributed by atoms with E-state index in [-0.39, 0.29) is 33.7 Å². The van der Waals surface area contributed by atoms with Crippen molar-refractivity contribution in [1.29, 1.82) is 0 Å². The second-order valence-corrected chi connectivity index (χ2v) is 10.4. The quantitative estimate of drug-likeness (QED) is 0.449. The smallest absolute Gasteiger partial charge is 0.277 e. The van der Waals surface area contributed by atoms with Gasteiger partial charge in [-0.05, 0) is 61.4 Å². The minimum Gasteiger partial charge on any atom is -0.411 e. The molecule has 0 spiro atoms. The molecule has 32 heavy (non-hydrogen) atoms. The number of aromatic nitrogens is 2. The molecule has 0 aliphatic heterocycles. The van der Waals surface area contributed by atoms with Crippen molar-refractivity contribution < 1.29 is 17.6 Å². The number of hydrogen-bond donors (Lipinski definition) is 2. The number of benzene rings is 2. The Morgan fingerprint density at radius 1 is 1.06 bits per heavy atom. The molecule has 1 aliphatic carbocycles. The fourth-order valence-electron chi connectivity index (χ4n) is 3.35. The summed E-state index contributed by atoms with van der Waals surface area (Å²) < 4.78 is 33.4. The topological polar surface area (TPSA) is 114 Å². The van der Waals surface area contributed by atoms with Gasteiger partial charge < -0.3 is 9.73 Å². The summed E-state index contributed by atoms with van der Waals surface area (Å²) in [6, 6.07) is 13.1. The molecule has 1 fully saturated rings. The Hall–Kier alpha value is -2.40. The van der Waals surface area contributed by atoms with Crippen molar-refractivity contribution in [3.63, 3.8) is 0 Å². The summed E-state index contributed by atoms with van der Waals surface area (Å²) in [7, 11) is -3.56. The second-order valence-electron chi connectivity index (χ2n) is 7.34. The number of sulfonamides is 1. The number of rotatable bonds is 8. The first kappa shape index (κ1) is 22.8. The van der Waals surface area contributed by atoms with Crippen LogP contribution in [0.3, 0.4) is 0 Å². The van der Waals surface area contributed by atoms with Gasteiger partial charge in [0.25, 0.3) is 5.22 Å². The lowest BCUT2D eigenvalue weighted by Gasteiger charge is -2.12. The molecule has 1 amide bonds. The lowest BCUT2D eigenvalue weighted by molar-refractivity contribution is -0.113. The number of halogens is 1. The third kappa shape index (κ3) is 5.89. The summed E-state index contributed by atoms with van der Waals surface area (Å²) in [5.41, 5.74) is 1.23. The van der Waals surface area contributed by atoms with Crippen LogP contribution in [-0.2, 0) is 14.8 Å². The maximum atomic E-state index is 12.5. The first-order chi connectivity index (χ1) is 15.4. The zero-order chi connectivity index (χ0) is 22.6. The van der Waals surface area contributed by atoms with Gasteiger partial charge in [-0.3, -0.25) is 4.79 Å². The Morgan fingerprint density at radius 2 is 1.75 bits per heavy atom. The monoisotopic (exact) mass is 492 g/mol. The molecule has 8 nitrogen and oxygen atoms in total. The minimum absolute atomic E-state index is 0.00657. The van der Waals surface area contributed by atoms with Gasteiger partial charge in [-0.25, -0.2) is 13.1 Å². The van der Waals surface area contributed by atoms with E-state index < -0.39 is 10.0 Å². The number of carbonyl (C=O) groups excluding carboxylic acids is 1. The molecule has 2 N–H and O–H groups in total. The van der Waals surface area contributed by atoms with E-state index in [1.807, 2.05) is 0 Å². The number of hydrogen-bond acceptors (Lipinski definition) is 7. The number of nitrogens with zero attached hydrogens (tertiary/aromatic N) is 2. The average Bonchev–Trinajstić information content (AvgIpc) is 3.46. The molecular formula is C21H21ClN4O4S2. The Balaban J connectivity index is 1.33. The van der Waals surface area contributed by atoms with Crippen molar-refractivity contribution in [2.75, 3.05) is 11.1 Å². The molecular weight excluding hydrogens is 472 g/mol. The highest BCUT2D eigenvalue weighted by Gasteiger charge is 2.23. The molecule has 0 bridgehead atoms. The van der Waals surface area contributed by atoms with Crippen molar-refractivity contribution in [3.8, 4) is 11.5 Å². The lowest BCUT2D eigenvalue weighted by atomic mass is 10.2. The molecule has 168 valence electrons. The van der Waals surface area contributed by atoms with Crippen LogP contribution in [0.15, 0.2) is 63.1 Å². The maximum absolute atomic E-state index is 12.5. The van der Waals surface area contributed by atoms with Gasteiger partial charge in [-0.1, -0.05) is 36.2 Å². The van der Waals surface area contributed by atoms with Gasteiger partial charge in [0.1, 0.15) is 0 Å². The van der Waals surface area contributed by atoms with E-state index in [2.05, 4.69) is 20.2 Å². The summed E-state index contributed by atoms with van der Waals surface area (Å²) in [5, 5.41) is 11.5. The van der Waals surface area contributed by atoms with Crippen molar-refractivity contribution in [2.24, 2.45) is 0 Å². The largest absolute Gasteiger partial charge is 0.411 e. The Kier molecular flexibility index (Phi) is 7.14. The first-order valence-corrected chi connectivity index (χ1v) is 12.9. The average molecular weight is 493 g/mol. The van der Waals surface area contributed by atoms with Gasteiger partial charge >= 0.3 is 0 Å². The van der Waals surface area contributed by atoms with Crippen molar-refractivity contribution in [1.82, 2.24) is 14.9 Å². The molecule has 3 aromatic rings. The SMILES string of the molecule is O=C(CSc1nnc(-c2ccc(S(=O)(=O)NC3CCCC3)cc2)o1)Nc1ccc(Cl)cc1. The molecule has 2 aromatic carbocycles. The molecule has 1 aliphatic rings. The van der Waals surface area contributed by atoms with E-state index in [1.165, 1.54) is 12.1 Å². The Bertz CT molecular complexity index is 1180. The first-order valence-electron chi connectivity index (χ1n) is 10.0. The van der Waals surface area contributed by atoms with Gasteiger partial charge in [0.15, 0.2) is 0 Å². The standard InChI is InChI=1S/C21H21ClN4O4S2/c22-15-7-9-16(10-8-15)23-19(27)13-31-21-25-24-20(30-21)14-5-11-18(12-6-14)32(28,29)26-17-3-1-2-4-17/h5-12,17,26H,1-4,13H2,(H,23,27). The third-order valence-corrected chi connectivity index (χ3v) is 7.56. The third-order valence-electron chi connectivity index (χ3n) is 4.95. The van der Waals surface area contributed by atoms with Gasteiger partial charge in [-0.2, -0.15) is 0 Å². The van der Waals surface area contributed by atoms with E-state index >= 15 is 0 Å². The summed E-state index contributed by atoms with van der Waals surface area (Å²) in [4.78, 5) is 12.3. The molecule has 0 atom stereocenters. The van der Waals surface area contributed by atoms with Crippen LogP contribution >= 0.6 is 23.4 Å². The van der Waals surface area contributed by atoms with Crippen LogP contribution in [0.1, 0.15) is 25.7 Å². The zero-order valence-electron chi connectivity index (χ0n) is 17.0. The van der Waals surface area contributed by atoms with Crippen LogP contribution in [0.2, 0.25) is 5.02 Å². The van der Waals surface area contributed by atoms with Crippen molar-refractivity contribution in [2.45, 2.75) is 41.8 Å². The number of nitrogens with one attached hydrogen (secondary N) is 2. The molecule has 1 aromatic heterocycles. The number of carbonyl (C=O) groups is 1. The molecule has 1 heterocycles. The highest BCUT2D eigenvalue weighted by molar-refractivity contribution is 7.99. The number of amides is 1. The lowest BCUT2D eigenvalue weighted by Crippen LogP contribution is -2.32. The number of anilines is 1. The van der Waals surface area contributed by atoms with Crippen LogP contribution in [0, 0.1) is 0 Å². The van der Waals surface area contributed by atoms with Crippen LogP contribution in [-0.4, -0.2) is 36.3 Å². The highest BCUT2D eigenvalue weighted by atomic mass is 35.5. The Morgan fingerprint density at radius 3 is 2.44 bits per heavy atom. The van der Waals surface area contributed by atoms with Crippen LogP contribution in [0.5, 0.6) is 0 Å². The van der Waals surface area contributed by atoms with Crippen LogP contribution in [0.4, 0.5) is 5.69 Å².